The second-order valence-electron chi connectivity index (χ2n) is 5.31. The van der Waals surface area contributed by atoms with E-state index in [9.17, 15) is 0 Å². The van der Waals surface area contributed by atoms with E-state index in [1.54, 1.807) is 7.11 Å². The van der Waals surface area contributed by atoms with Crippen LogP contribution in [0.15, 0.2) is 30.3 Å². The van der Waals surface area contributed by atoms with Gasteiger partial charge in [-0.25, -0.2) is 0 Å². The Bertz CT molecular complexity index is 435. The molecular weight excluding hydrogens is 222 g/mol. The molecule has 2 aliphatic heterocycles. The Morgan fingerprint density at radius 1 is 1.17 bits per heavy atom. The summed E-state index contributed by atoms with van der Waals surface area (Å²) in [4.78, 5) is 2.66. The largest absolute Gasteiger partial charge is 0.497 e. The monoisotopic (exact) mass is 243 g/mol. The van der Waals surface area contributed by atoms with Gasteiger partial charge in [0.15, 0.2) is 0 Å². The molecule has 1 saturated heterocycles. The number of rotatable bonds is 2. The van der Waals surface area contributed by atoms with Crippen LogP contribution >= 0.6 is 0 Å². The van der Waals surface area contributed by atoms with Crippen molar-refractivity contribution >= 4 is 5.57 Å². The number of piperidine rings is 1. The Kier molecular flexibility index (Phi) is 3.37. The number of hydrogen-bond donors (Lipinski definition) is 0. The Hall–Kier alpha value is -1.28. The zero-order chi connectivity index (χ0) is 12.4. The zero-order valence-corrected chi connectivity index (χ0v) is 11.1. The summed E-state index contributed by atoms with van der Waals surface area (Å²) in [5.41, 5.74) is 2.83. The van der Waals surface area contributed by atoms with Gasteiger partial charge in [-0.2, -0.15) is 0 Å². The lowest BCUT2D eigenvalue weighted by molar-refractivity contribution is 0.162. The predicted molar refractivity (Wildman–Crippen MR) is 74.8 cm³/mol. The maximum atomic E-state index is 5.21. The van der Waals surface area contributed by atoms with Crippen molar-refractivity contribution in [2.24, 2.45) is 0 Å². The number of ether oxygens (including phenoxy) is 1. The van der Waals surface area contributed by atoms with Crippen molar-refractivity contribution in [1.82, 2.24) is 4.90 Å². The summed E-state index contributed by atoms with van der Waals surface area (Å²) < 4.78 is 5.21. The van der Waals surface area contributed by atoms with Crippen LogP contribution in [0.1, 0.15) is 31.2 Å². The molecule has 0 saturated carbocycles. The van der Waals surface area contributed by atoms with E-state index in [2.05, 4.69) is 35.2 Å². The molecule has 0 amide bonds. The van der Waals surface area contributed by atoms with E-state index in [-0.39, 0.29) is 0 Å². The normalized spacial score (nSPS) is 24.3. The van der Waals surface area contributed by atoms with Gasteiger partial charge in [-0.05, 0) is 49.1 Å². The van der Waals surface area contributed by atoms with Crippen LogP contribution in [0.3, 0.4) is 0 Å². The van der Waals surface area contributed by atoms with Crippen LogP contribution in [0.25, 0.3) is 5.57 Å². The fourth-order valence-corrected chi connectivity index (χ4v) is 3.11. The highest BCUT2D eigenvalue weighted by Gasteiger charge is 2.25. The first-order valence-electron chi connectivity index (χ1n) is 6.94. The third kappa shape index (κ3) is 2.30. The van der Waals surface area contributed by atoms with E-state index in [4.69, 9.17) is 4.74 Å². The zero-order valence-electron chi connectivity index (χ0n) is 11.1. The number of nitrogens with zero attached hydrogens (tertiary/aromatic N) is 1. The molecule has 1 aromatic rings. The van der Waals surface area contributed by atoms with Crippen molar-refractivity contribution < 1.29 is 4.74 Å². The van der Waals surface area contributed by atoms with Crippen molar-refractivity contribution in [3.05, 3.63) is 35.9 Å². The molecule has 0 N–H and O–H groups in total. The maximum Gasteiger partial charge on any atom is 0.118 e. The third-order valence-corrected chi connectivity index (χ3v) is 4.22. The van der Waals surface area contributed by atoms with Gasteiger partial charge in [-0.15, -0.1) is 0 Å². The van der Waals surface area contributed by atoms with E-state index >= 15 is 0 Å². The lowest BCUT2D eigenvalue weighted by atomic mass is 9.91. The van der Waals surface area contributed by atoms with Gasteiger partial charge in [0.1, 0.15) is 5.75 Å². The summed E-state index contributed by atoms with van der Waals surface area (Å²) >= 11 is 0. The summed E-state index contributed by atoms with van der Waals surface area (Å²) in [5.74, 6) is 0.936. The minimum absolute atomic E-state index is 0.806. The molecule has 0 radical (unpaired) electrons. The Balaban J connectivity index is 1.77. The molecule has 2 nitrogen and oxygen atoms in total. The highest BCUT2D eigenvalue weighted by Crippen LogP contribution is 2.30. The van der Waals surface area contributed by atoms with Gasteiger partial charge in [-0.3, -0.25) is 4.90 Å². The van der Waals surface area contributed by atoms with Gasteiger partial charge in [-0.1, -0.05) is 24.6 Å². The molecule has 2 aliphatic rings. The second kappa shape index (κ2) is 5.15. The van der Waals surface area contributed by atoms with Crippen LogP contribution in [0.2, 0.25) is 0 Å². The van der Waals surface area contributed by atoms with Crippen LogP contribution in [-0.2, 0) is 0 Å². The first-order chi connectivity index (χ1) is 8.86. The van der Waals surface area contributed by atoms with Crippen LogP contribution in [0, 0.1) is 0 Å². The van der Waals surface area contributed by atoms with Crippen LogP contribution in [-0.4, -0.2) is 31.1 Å². The smallest absolute Gasteiger partial charge is 0.118 e. The van der Waals surface area contributed by atoms with Gasteiger partial charge in [0.2, 0.25) is 0 Å². The quantitative estimate of drug-likeness (QED) is 0.790. The number of benzene rings is 1. The fourth-order valence-electron chi connectivity index (χ4n) is 3.11. The minimum Gasteiger partial charge on any atom is -0.497 e. The average Bonchev–Trinajstić information content (AvgIpc) is 2.47. The Morgan fingerprint density at radius 3 is 2.78 bits per heavy atom. The van der Waals surface area contributed by atoms with Crippen molar-refractivity contribution in [2.45, 2.75) is 31.7 Å². The van der Waals surface area contributed by atoms with Crippen molar-refractivity contribution in [3.63, 3.8) is 0 Å². The summed E-state index contributed by atoms with van der Waals surface area (Å²) in [6.45, 7) is 2.40. The predicted octanol–water partition coefficient (Wildman–Crippen LogP) is 3.34. The molecule has 0 unspecified atom stereocenters. The van der Waals surface area contributed by atoms with E-state index < -0.39 is 0 Å². The topological polar surface area (TPSA) is 12.5 Å². The van der Waals surface area contributed by atoms with Crippen molar-refractivity contribution in [2.75, 3.05) is 20.2 Å². The average molecular weight is 243 g/mol. The molecule has 0 aromatic heterocycles. The number of methoxy groups -OCH3 is 1. The molecule has 1 atom stereocenters. The Morgan fingerprint density at radius 2 is 2.00 bits per heavy atom. The number of hydrogen-bond acceptors (Lipinski definition) is 2. The van der Waals surface area contributed by atoms with Gasteiger partial charge >= 0.3 is 0 Å². The van der Waals surface area contributed by atoms with Crippen LogP contribution in [0.5, 0.6) is 5.75 Å². The molecule has 1 aromatic carbocycles. The summed E-state index contributed by atoms with van der Waals surface area (Å²) in [6.07, 6.45) is 7.82. The summed E-state index contributed by atoms with van der Waals surface area (Å²) in [5, 5.41) is 0. The highest BCUT2D eigenvalue weighted by molar-refractivity contribution is 5.68. The van der Waals surface area contributed by atoms with Crippen LogP contribution in [0.4, 0.5) is 0 Å². The van der Waals surface area contributed by atoms with Gasteiger partial charge in [0.25, 0.3) is 0 Å². The molecule has 18 heavy (non-hydrogen) atoms. The van der Waals surface area contributed by atoms with E-state index in [1.165, 1.54) is 43.4 Å². The molecule has 1 fully saturated rings. The lowest BCUT2D eigenvalue weighted by Crippen LogP contribution is -2.42. The van der Waals surface area contributed by atoms with Gasteiger partial charge in [0.05, 0.1) is 7.11 Å². The SMILES string of the molecule is COc1ccc(C2=CC[C@@H]3CCCCN3C2)cc1. The molecule has 0 spiro atoms. The first kappa shape index (κ1) is 11.8. The molecule has 0 aliphatic carbocycles. The summed E-state index contributed by atoms with van der Waals surface area (Å²) in [7, 11) is 1.72. The highest BCUT2D eigenvalue weighted by atomic mass is 16.5. The molecule has 96 valence electrons. The van der Waals surface area contributed by atoms with Gasteiger partial charge < -0.3 is 4.74 Å². The minimum atomic E-state index is 0.806. The van der Waals surface area contributed by atoms with E-state index in [0.29, 0.717) is 0 Å². The van der Waals surface area contributed by atoms with E-state index in [0.717, 1.165) is 18.3 Å². The number of fused-ring (bicyclic) bond motifs is 1. The summed E-state index contributed by atoms with van der Waals surface area (Å²) in [6, 6.07) is 9.27. The molecule has 2 heterocycles. The molecule has 2 heteroatoms. The Labute approximate surface area is 109 Å². The van der Waals surface area contributed by atoms with E-state index in [1.807, 2.05) is 0 Å². The lowest BCUT2D eigenvalue weighted by Gasteiger charge is -2.39. The molecule has 0 bridgehead atoms. The van der Waals surface area contributed by atoms with Crippen molar-refractivity contribution in [3.8, 4) is 5.75 Å². The first-order valence-corrected chi connectivity index (χ1v) is 6.94. The van der Waals surface area contributed by atoms with Crippen LogP contribution < -0.4 is 4.74 Å². The standard InChI is InChI=1S/C16H21NO/c1-18-16-9-6-13(7-10-16)14-5-8-15-4-2-3-11-17(15)12-14/h5-7,9-10,15H,2-4,8,11-12H2,1H3/t15-/m0/s1. The van der Waals surface area contributed by atoms with Gasteiger partial charge in [0, 0.05) is 12.6 Å². The fraction of sp³-hybridized carbons (Fsp3) is 0.500. The third-order valence-electron chi connectivity index (χ3n) is 4.22. The second-order valence-corrected chi connectivity index (χ2v) is 5.31. The molecular formula is C16H21NO. The van der Waals surface area contributed by atoms with Crippen molar-refractivity contribution in [1.29, 1.82) is 0 Å². The maximum absolute atomic E-state index is 5.21. The molecule has 3 rings (SSSR count).